The summed E-state index contributed by atoms with van der Waals surface area (Å²) in [6.45, 7) is 3.22. The van der Waals surface area contributed by atoms with Gasteiger partial charge in [0.1, 0.15) is 12.4 Å². The van der Waals surface area contributed by atoms with Gasteiger partial charge in [0.15, 0.2) is 11.5 Å². The van der Waals surface area contributed by atoms with Gasteiger partial charge in [0, 0.05) is 42.7 Å². The van der Waals surface area contributed by atoms with Gasteiger partial charge in [-0.25, -0.2) is 13.1 Å². The number of carbonyl (C=O) groups excluding carboxylic acids is 2. The molecule has 0 aliphatic carbocycles. The number of aliphatic imine (C=N–C) groups is 1. The molecule has 3 heterocycles. The van der Waals surface area contributed by atoms with E-state index in [4.69, 9.17) is 14.5 Å². The van der Waals surface area contributed by atoms with Crippen molar-refractivity contribution in [3.05, 3.63) is 125 Å². The molecule has 2 amide bonds. The number of fused-ring (bicyclic) bond motifs is 5. The molecule has 0 bridgehead atoms. The molecule has 56 heavy (non-hydrogen) atoms. The van der Waals surface area contributed by atoms with Crippen molar-refractivity contribution in [1.29, 1.82) is 0 Å². The van der Waals surface area contributed by atoms with Crippen LogP contribution in [0.5, 0.6) is 17.2 Å². The summed E-state index contributed by atoms with van der Waals surface area (Å²) in [5, 5.41) is 12.5. The smallest absolute Gasteiger partial charge is 0.257 e. The lowest BCUT2D eigenvalue weighted by Gasteiger charge is -2.25. The normalized spacial score (nSPS) is 17.8. The number of phenolic OH excluding ortho intramolecular Hbond substituents is 1. The predicted octanol–water partition coefficient (Wildman–Crippen LogP) is 7.14. The van der Waals surface area contributed by atoms with Gasteiger partial charge in [-0.1, -0.05) is 73.7 Å². The molecule has 0 radical (unpaired) electrons. The number of methoxy groups -OCH3 is 1. The lowest BCUT2D eigenvalue weighted by molar-refractivity contribution is -0.117. The minimum atomic E-state index is -3.54. The second-order valence-electron chi connectivity index (χ2n) is 14.4. The number of phenols is 1. The molecular weight excluding hydrogens is 729 g/mol. The van der Waals surface area contributed by atoms with E-state index in [2.05, 4.69) is 11.6 Å². The fourth-order valence-electron chi connectivity index (χ4n) is 8.01. The van der Waals surface area contributed by atoms with Crippen LogP contribution in [0.4, 0.5) is 11.4 Å². The highest BCUT2D eigenvalue weighted by Gasteiger charge is 2.33. The zero-order valence-electron chi connectivity index (χ0n) is 31.4. The SMILES string of the molecule is CNS(=O)(=O)c1ccc(C2=CCN3C(=O)c4cc(OC)c(OCc5cccc(CC(=O)N6C[C@@H](C)c7c6cc(O)c6ccccc76)c5)cc4N=C[C@H]3CC2)cc1. The van der Waals surface area contributed by atoms with E-state index < -0.39 is 10.0 Å². The standard InChI is InChI=1S/C44H42N4O7S/c1-27-25-48(38-23-39(49)34-9-4-5-10-35(34)43(27)38)42(50)20-28-7-6-8-29(19-28)26-55-41-22-37-36(21-40(41)54-3)44(51)47-18-17-31(11-14-32(47)24-46-37)30-12-15-33(16-13-30)56(52,53)45-2/h4-10,12-13,15-17,19,21-24,27,32,45,49H,11,14,18,20,25-26H2,1-3H3/t27-,32-/m1/s1. The molecule has 12 heteroatoms. The molecule has 3 aliphatic heterocycles. The summed E-state index contributed by atoms with van der Waals surface area (Å²) >= 11 is 0. The van der Waals surface area contributed by atoms with Crippen molar-refractivity contribution in [1.82, 2.24) is 9.62 Å². The summed E-state index contributed by atoms with van der Waals surface area (Å²) < 4.78 is 38.7. The van der Waals surface area contributed by atoms with Crippen molar-refractivity contribution in [3.8, 4) is 17.2 Å². The van der Waals surface area contributed by atoms with Crippen molar-refractivity contribution in [3.63, 3.8) is 0 Å². The molecule has 0 saturated heterocycles. The molecule has 5 aromatic carbocycles. The quantitative estimate of drug-likeness (QED) is 0.163. The van der Waals surface area contributed by atoms with Gasteiger partial charge < -0.3 is 24.4 Å². The number of hydrogen-bond donors (Lipinski definition) is 2. The average Bonchev–Trinajstić information content (AvgIpc) is 3.32. The molecule has 2 N–H and O–H groups in total. The van der Waals surface area contributed by atoms with Gasteiger partial charge in [-0.3, -0.25) is 14.6 Å². The number of carbonyl (C=O) groups is 2. The molecule has 0 unspecified atom stereocenters. The van der Waals surface area contributed by atoms with Gasteiger partial charge >= 0.3 is 0 Å². The van der Waals surface area contributed by atoms with E-state index in [0.717, 1.165) is 44.3 Å². The lowest BCUT2D eigenvalue weighted by atomic mass is 9.95. The van der Waals surface area contributed by atoms with Crippen LogP contribution in [-0.2, 0) is 27.8 Å². The minimum Gasteiger partial charge on any atom is -0.507 e. The molecular formula is C44H42N4O7S. The van der Waals surface area contributed by atoms with Crippen molar-refractivity contribution in [2.24, 2.45) is 4.99 Å². The fourth-order valence-corrected chi connectivity index (χ4v) is 8.74. The van der Waals surface area contributed by atoms with Crippen LogP contribution in [0.25, 0.3) is 16.3 Å². The Balaban J connectivity index is 0.959. The molecule has 5 aromatic rings. The number of nitrogens with zero attached hydrogens (tertiary/aromatic N) is 3. The van der Waals surface area contributed by atoms with E-state index in [9.17, 15) is 23.1 Å². The number of aromatic hydroxyl groups is 1. The van der Waals surface area contributed by atoms with Crippen molar-refractivity contribution >= 4 is 55.8 Å². The highest BCUT2D eigenvalue weighted by Crippen LogP contribution is 2.45. The number of ether oxygens (including phenoxy) is 2. The largest absolute Gasteiger partial charge is 0.507 e. The van der Waals surface area contributed by atoms with Crippen LogP contribution >= 0.6 is 0 Å². The second-order valence-corrected chi connectivity index (χ2v) is 16.3. The van der Waals surface area contributed by atoms with Crippen LogP contribution in [0, 0.1) is 0 Å². The number of allylic oxidation sites excluding steroid dienone is 1. The Hall–Kier alpha value is -5.98. The predicted molar refractivity (Wildman–Crippen MR) is 217 cm³/mol. The first kappa shape index (κ1) is 37.0. The Kier molecular flexibility index (Phi) is 9.85. The maximum absolute atomic E-state index is 14.0. The summed E-state index contributed by atoms with van der Waals surface area (Å²) in [5.41, 5.74) is 6.38. The number of sulfonamides is 1. The van der Waals surface area contributed by atoms with Crippen molar-refractivity contribution in [2.75, 3.05) is 32.1 Å². The first-order valence-corrected chi connectivity index (χ1v) is 20.1. The van der Waals surface area contributed by atoms with Gasteiger partial charge in [0.25, 0.3) is 5.91 Å². The van der Waals surface area contributed by atoms with Crippen molar-refractivity contribution < 1.29 is 32.6 Å². The van der Waals surface area contributed by atoms with Gasteiger partial charge in [-0.2, -0.15) is 0 Å². The summed E-state index contributed by atoms with van der Waals surface area (Å²) in [7, 11) is -0.626. The van der Waals surface area contributed by atoms with E-state index in [1.54, 1.807) is 52.3 Å². The van der Waals surface area contributed by atoms with Gasteiger partial charge in [0.05, 0.1) is 41.4 Å². The van der Waals surface area contributed by atoms with Crippen LogP contribution in [0.2, 0.25) is 0 Å². The Bertz CT molecular complexity index is 2550. The van der Waals surface area contributed by atoms with E-state index in [1.165, 1.54) is 14.2 Å². The number of benzene rings is 5. The highest BCUT2D eigenvalue weighted by atomic mass is 32.2. The Labute approximate surface area is 325 Å². The molecule has 0 fully saturated rings. The average molecular weight is 771 g/mol. The Morgan fingerprint density at radius 1 is 0.964 bits per heavy atom. The van der Waals surface area contributed by atoms with E-state index in [-0.39, 0.29) is 47.4 Å². The maximum atomic E-state index is 14.0. The Morgan fingerprint density at radius 2 is 1.73 bits per heavy atom. The lowest BCUT2D eigenvalue weighted by Crippen LogP contribution is -2.39. The first-order chi connectivity index (χ1) is 27.0. The molecule has 0 spiro atoms. The minimum absolute atomic E-state index is 0.0477. The van der Waals surface area contributed by atoms with Crippen LogP contribution in [0.3, 0.4) is 0 Å². The highest BCUT2D eigenvalue weighted by molar-refractivity contribution is 7.89. The van der Waals surface area contributed by atoms with Crippen LogP contribution in [-0.4, -0.2) is 69.7 Å². The fraction of sp³-hybridized carbons (Fsp3) is 0.250. The molecule has 8 rings (SSSR count). The summed E-state index contributed by atoms with van der Waals surface area (Å²) in [6.07, 6.45) is 5.35. The summed E-state index contributed by atoms with van der Waals surface area (Å²) in [4.78, 5) is 36.2. The third-order valence-electron chi connectivity index (χ3n) is 10.9. The topological polar surface area (TPSA) is 138 Å². The molecule has 3 aliphatic rings. The van der Waals surface area contributed by atoms with E-state index in [0.29, 0.717) is 48.7 Å². The van der Waals surface area contributed by atoms with Crippen molar-refractivity contribution in [2.45, 2.75) is 49.6 Å². The third kappa shape index (κ3) is 6.90. The second kappa shape index (κ2) is 14.9. The monoisotopic (exact) mass is 770 g/mol. The van der Waals surface area contributed by atoms with Gasteiger partial charge in [-0.05, 0) is 71.3 Å². The van der Waals surface area contributed by atoms with E-state index >= 15 is 0 Å². The zero-order chi connectivity index (χ0) is 39.1. The van der Waals surface area contributed by atoms with Crippen LogP contribution in [0.1, 0.15) is 58.3 Å². The summed E-state index contributed by atoms with van der Waals surface area (Å²) in [5.74, 6) is 0.920. The number of anilines is 1. The van der Waals surface area contributed by atoms with Gasteiger partial charge in [-0.15, -0.1) is 0 Å². The maximum Gasteiger partial charge on any atom is 0.257 e. The Morgan fingerprint density at radius 3 is 2.50 bits per heavy atom. The summed E-state index contributed by atoms with van der Waals surface area (Å²) in [6, 6.07) is 27.1. The number of amides is 2. The molecule has 286 valence electrons. The molecule has 11 nitrogen and oxygen atoms in total. The molecule has 0 aromatic heterocycles. The first-order valence-electron chi connectivity index (χ1n) is 18.6. The third-order valence-corrected chi connectivity index (χ3v) is 12.4. The van der Waals surface area contributed by atoms with Gasteiger partial charge in [0.2, 0.25) is 15.9 Å². The molecule has 0 saturated carbocycles. The number of rotatable bonds is 9. The van der Waals surface area contributed by atoms with Crippen LogP contribution in [0.15, 0.2) is 107 Å². The number of nitrogens with one attached hydrogen (secondary N) is 1. The molecule has 2 atom stereocenters. The zero-order valence-corrected chi connectivity index (χ0v) is 32.2. The van der Waals surface area contributed by atoms with Crippen LogP contribution < -0.4 is 19.1 Å². The number of hydrogen-bond acceptors (Lipinski definition) is 8. The van der Waals surface area contributed by atoms with E-state index in [1.807, 2.05) is 60.8 Å².